The molecule has 3 nitrogen and oxygen atoms in total. The molecule has 0 aliphatic carbocycles. The number of fused-ring (bicyclic) bond motifs is 1. The number of aldehydes is 1. The zero-order valence-corrected chi connectivity index (χ0v) is 7.08. The van der Waals surface area contributed by atoms with Crippen molar-refractivity contribution in [2.75, 3.05) is 5.32 Å². The van der Waals surface area contributed by atoms with Crippen molar-refractivity contribution in [2.24, 2.45) is 5.73 Å². The van der Waals surface area contributed by atoms with Gasteiger partial charge in [0.1, 0.15) is 6.29 Å². The molecule has 1 aromatic rings. The maximum Gasteiger partial charge on any atom is 0.150 e. The fourth-order valence-electron chi connectivity index (χ4n) is 1.39. The Kier molecular flexibility index (Phi) is 1.77. The maximum absolute atomic E-state index is 10.5. The van der Waals surface area contributed by atoms with Gasteiger partial charge in [0, 0.05) is 11.3 Å². The van der Waals surface area contributed by atoms with Crippen LogP contribution in [0.5, 0.6) is 0 Å². The first-order valence-electron chi connectivity index (χ1n) is 4.10. The van der Waals surface area contributed by atoms with E-state index in [9.17, 15) is 4.79 Å². The van der Waals surface area contributed by atoms with E-state index in [1.807, 2.05) is 24.3 Å². The molecule has 1 aliphatic heterocycles. The summed E-state index contributed by atoms with van der Waals surface area (Å²) in [5.41, 5.74) is 8.37. The molecule has 3 N–H and O–H groups in total. The number of nitrogens with one attached hydrogen (secondary N) is 1. The second-order valence-electron chi connectivity index (χ2n) is 3.02. The van der Waals surface area contributed by atoms with Crippen molar-refractivity contribution in [3.05, 3.63) is 41.2 Å². The highest BCUT2D eigenvalue weighted by Gasteiger charge is 2.07. The van der Waals surface area contributed by atoms with E-state index < -0.39 is 0 Å². The van der Waals surface area contributed by atoms with Crippen LogP contribution >= 0.6 is 0 Å². The molecular weight excluding hydrogens is 164 g/mol. The third-order valence-corrected chi connectivity index (χ3v) is 2.09. The van der Waals surface area contributed by atoms with Gasteiger partial charge < -0.3 is 11.1 Å². The molecule has 0 bridgehead atoms. The summed E-state index contributed by atoms with van der Waals surface area (Å²) in [6.45, 7) is 0. The number of allylic oxidation sites excluding steroid dienone is 1. The molecule has 0 spiro atoms. The minimum atomic E-state index is 0.649. The van der Waals surface area contributed by atoms with Gasteiger partial charge in [0.25, 0.3) is 0 Å². The summed E-state index contributed by atoms with van der Waals surface area (Å²) in [4.78, 5) is 10.5. The largest absolute Gasteiger partial charge is 0.386 e. The molecule has 0 fully saturated rings. The standard InChI is InChI=1S/C10H10N2O/c11-10-4-3-8-2-1-7(6-13)5-9(8)12-10/h1-2,4-6,12H,3,11H2. The summed E-state index contributed by atoms with van der Waals surface area (Å²) >= 11 is 0. The Balaban J connectivity index is 2.43. The number of carbonyl (C=O) groups excluding carboxylic acids is 1. The van der Waals surface area contributed by atoms with Gasteiger partial charge in [-0.15, -0.1) is 0 Å². The molecule has 66 valence electrons. The number of hydrogen-bond donors (Lipinski definition) is 2. The molecule has 1 aliphatic rings. The van der Waals surface area contributed by atoms with E-state index >= 15 is 0 Å². The van der Waals surface area contributed by atoms with Gasteiger partial charge in [-0.25, -0.2) is 0 Å². The van der Waals surface area contributed by atoms with Crippen LogP contribution in [0, 0.1) is 0 Å². The molecule has 0 unspecified atom stereocenters. The van der Waals surface area contributed by atoms with Crippen molar-refractivity contribution in [2.45, 2.75) is 6.42 Å². The monoisotopic (exact) mass is 174 g/mol. The Bertz CT molecular complexity index is 383. The molecule has 0 aromatic heterocycles. The number of rotatable bonds is 1. The summed E-state index contributed by atoms with van der Waals surface area (Å²) in [5.74, 6) is 0.649. The van der Waals surface area contributed by atoms with Crippen LogP contribution in [0.4, 0.5) is 5.69 Å². The van der Waals surface area contributed by atoms with Crippen molar-refractivity contribution in [3.8, 4) is 0 Å². The van der Waals surface area contributed by atoms with Gasteiger partial charge in [-0.3, -0.25) is 4.79 Å². The van der Waals surface area contributed by atoms with E-state index in [1.165, 1.54) is 5.56 Å². The van der Waals surface area contributed by atoms with E-state index in [0.29, 0.717) is 11.4 Å². The highest BCUT2D eigenvalue weighted by molar-refractivity contribution is 5.78. The quantitative estimate of drug-likeness (QED) is 0.630. The lowest BCUT2D eigenvalue weighted by Gasteiger charge is -2.16. The second kappa shape index (κ2) is 2.94. The number of benzene rings is 1. The predicted octanol–water partition coefficient (Wildman–Crippen LogP) is 1.27. The zero-order chi connectivity index (χ0) is 9.26. The summed E-state index contributed by atoms with van der Waals surface area (Å²) in [5, 5.41) is 3.01. The molecule has 0 saturated heterocycles. The first-order chi connectivity index (χ1) is 6.29. The molecule has 0 amide bonds. The highest BCUT2D eigenvalue weighted by Crippen LogP contribution is 2.22. The predicted molar refractivity (Wildman–Crippen MR) is 51.4 cm³/mol. The van der Waals surface area contributed by atoms with Crippen molar-refractivity contribution < 1.29 is 4.79 Å². The normalized spacial score (nSPS) is 14.0. The van der Waals surface area contributed by atoms with Crippen molar-refractivity contribution in [3.63, 3.8) is 0 Å². The van der Waals surface area contributed by atoms with Crippen molar-refractivity contribution >= 4 is 12.0 Å². The Labute approximate surface area is 76.2 Å². The first-order valence-corrected chi connectivity index (χ1v) is 4.10. The SMILES string of the molecule is NC1=CCc2ccc(C=O)cc2N1. The lowest BCUT2D eigenvalue weighted by atomic mass is 10.0. The smallest absolute Gasteiger partial charge is 0.150 e. The first kappa shape index (κ1) is 7.86. The number of anilines is 1. The van der Waals surface area contributed by atoms with Gasteiger partial charge in [-0.05, 0) is 24.1 Å². The zero-order valence-electron chi connectivity index (χ0n) is 7.08. The van der Waals surface area contributed by atoms with Crippen LogP contribution in [-0.2, 0) is 6.42 Å². The summed E-state index contributed by atoms with van der Waals surface area (Å²) in [7, 11) is 0. The van der Waals surface area contributed by atoms with Crippen molar-refractivity contribution in [1.29, 1.82) is 0 Å². The van der Waals surface area contributed by atoms with Crippen LogP contribution in [-0.4, -0.2) is 6.29 Å². The van der Waals surface area contributed by atoms with Crippen LogP contribution < -0.4 is 11.1 Å². The fraction of sp³-hybridized carbons (Fsp3) is 0.100. The molecule has 0 radical (unpaired) electrons. The van der Waals surface area contributed by atoms with Crippen LogP contribution in [0.25, 0.3) is 0 Å². The molecule has 2 rings (SSSR count). The molecule has 3 heteroatoms. The minimum Gasteiger partial charge on any atom is -0.386 e. The second-order valence-corrected chi connectivity index (χ2v) is 3.02. The fourth-order valence-corrected chi connectivity index (χ4v) is 1.39. The molecular formula is C10H10N2O. The summed E-state index contributed by atoms with van der Waals surface area (Å²) < 4.78 is 0. The van der Waals surface area contributed by atoms with Gasteiger partial charge >= 0.3 is 0 Å². The van der Waals surface area contributed by atoms with Crippen molar-refractivity contribution in [1.82, 2.24) is 0 Å². The van der Waals surface area contributed by atoms with Gasteiger partial charge in [-0.2, -0.15) is 0 Å². The number of hydrogen-bond acceptors (Lipinski definition) is 3. The minimum absolute atomic E-state index is 0.649. The lowest BCUT2D eigenvalue weighted by molar-refractivity contribution is 0.112. The van der Waals surface area contributed by atoms with Crippen LogP contribution in [0.2, 0.25) is 0 Å². The Morgan fingerprint density at radius 2 is 2.31 bits per heavy atom. The van der Waals surface area contributed by atoms with Gasteiger partial charge in [0.15, 0.2) is 0 Å². The Hall–Kier alpha value is -1.77. The highest BCUT2D eigenvalue weighted by atomic mass is 16.1. The maximum atomic E-state index is 10.5. The van der Waals surface area contributed by atoms with E-state index in [1.54, 1.807) is 0 Å². The van der Waals surface area contributed by atoms with Crippen LogP contribution in [0.3, 0.4) is 0 Å². The summed E-state index contributed by atoms with van der Waals surface area (Å²) in [6.07, 6.45) is 3.58. The summed E-state index contributed by atoms with van der Waals surface area (Å²) in [6, 6.07) is 5.56. The van der Waals surface area contributed by atoms with E-state index in [2.05, 4.69) is 5.32 Å². The Morgan fingerprint density at radius 1 is 1.46 bits per heavy atom. The Morgan fingerprint density at radius 3 is 3.08 bits per heavy atom. The van der Waals surface area contributed by atoms with Gasteiger partial charge in [0.05, 0.1) is 5.82 Å². The molecule has 1 heterocycles. The molecule has 0 atom stereocenters. The average molecular weight is 174 g/mol. The van der Waals surface area contributed by atoms with E-state index in [-0.39, 0.29) is 0 Å². The third-order valence-electron chi connectivity index (χ3n) is 2.09. The third kappa shape index (κ3) is 1.40. The van der Waals surface area contributed by atoms with E-state index in [4.69, 9.17) is 5.73 Å². The van der Waals surface area contributed by atoms with Crippen LogP contribution in [0.1, 0.15) is 15.9 Å². The van der Waals surface area contributed by atoms with E-state index in [0.717, 1.165) is 18.4 Å². The molecule has 1 aromatic carbocycles. The topological polar surface area (TPSA) is 55.1 Å². The molecule has 0 saturated carbocycles. The van der Waals surface area contributed by atoms with Gasteiger partial charge in [0.2, 0.25) is 0 Å². The average Bonchev–Trinajstić information content (AvgIpc) is 2.16. The number of nitrogens with two attached hydrogens (primary N) is 1. The van der Waals surface area contributed by atoms with Gasteiger partial charge in [-0.1, -0.05) is 12.1 Å². The molecule has 13 heavy (non-hydrogen) atoms. The van der Waals surface area contributed by atoms with Crippen LogP contribution in [0.15, 0.2) is 30.1 Å². The lowest BCUT2D eigenvalue weighted by Crippen LogP contribution is -2.14. The number of carbonyl (C=O) groups is 1.